The summed E-state index contributed by atoms with van der Waals surface area (Å²) in [5.74, 6) is -2.06. The third-order valence-corrected chi connectivity index (χ3v) is 8.13. The Morgan fingerprint density at radius 1 is 1.12 bits per heavy atom. The van der Waals surface area contributed by atoms with E-state index >= 15 is 0 Å². The second-order valence-corrected chi connectivity index (χ2v) is 11.4. The maximum atomic E-state index is 14.8. The largest absolute Gasteiger partial charge is 0.376 e. The first-order valence-corrected chi connectivity index (χ1v) is 14.0. The number of hydrogen-bond acceptors (Lipinski definition) is 8. The first-order chi connectivity index (χ1) is 20.1. The molecule has 6 atom stereocenters. The summed E-state index contributed by atoms with van der Waals surface area (Å²) in [5, 5.41) is 12.9. The molecule has 6 rings (SSSR count). The van der Waals surface area contributed by atoms with E-state index in [1.807, 2.05) is 38.1 Å². The number of fused-ring (bicyclic) bond motifs is 1. The van der Waals surface area contributed by atoms with Crippen LogP contribution in [-0.2, 0) is 25.4 Å². The van der Waals surface area contributed by atoms with Crippen molar-refractivity contribution in [3.8, 4) is 11.3 Å². The normalized spacial score (nSPS) is 26.1. The number of hydrogen-bond donors (Lipinski definition) is 0. The molecule has 2 aliphatic heterocycles. The number of benzene rings is 2. The zero-order chi connectivity index (χ0) is 29.6. The summed E-state index contributed by atoms with van der Waals surface area (Å²) in [6, 6.07) is 14.5. The third kappa shape index (κ3) is 5.37. The van der Waals surface area contributed by atoms with Crippen LogP contribution in [0.2, 0.25) is 0 Å². The lowest BCUT2D eigenvalue weighted by atomic mass is 9.89. The molecule has 11 heteroatoms. The van der Waals surface area contributed by atoms with Gasteiger partial charge in [0.1, 0.15) is 35.8 Å². The van der Waals surface area contributed by atoms with Gasteiger partial charge in [0.15, 0.2) is 17.4 Å². The topological polar surface area (TPSA) is 93.7 Å². The first kappa shape index (κ1) is 28.6. The number of rotatable bonds is 7. The lowest BCUT2D eigenvalue weighted by Gasteiger charge is -2.51. The molecule has 42 heavy (non-hydrogen) atoms. The van der Waals surface area contributed by atoms with Crippen molar-refractivity contribution in [1.29, 1.82) is 0 Å². The van der Waals surface area contributed by atoms with Crippen molar-refractivity contribution >= 4 is 0 Å². The highest BCUT2D eigenvalue weighted by atomic mass is 19.2. The molecule has 0 radical (unpaired) electrons. The van der Waals surface area contributed by atoms with Crippen molar-refractivity contribution in [3.05, 3.63) is 88.9 Å². The summed E-state index contributed by atoms with van der Waals surface area (Å²) in [5.41, 5.74) is 2.38. The van der Waals surface area contributed by atoms with E-state index in [1.54, 1.807) is 18.0 Å². The van der Waals surface area contributed by atoms with Gasteiger partial charge in [-0.1, -0.05) is 53.7 Å². The predicted molar refractivity (Wildman–Crippen MR) is 148 cm³/mol. The quantitative estimate of drug-likeness (QED) is 0.287. The lowest BCUT2D eigenvalue weighted by Crippen LogP contribution is -2.62. The van der Waals surface area contributed by atoms with Crippen molar-refractivity contribution in [3.63, 3.8) is 0 Å². The number of halogens is 2. The summed E-state index contributed by atoms with van der Waals surface area (Å²) in [6.45, 7) is 7.53. The summed E-state index contributed by atoms with van der Waals surface area (Å²) in [7, 11) is 1.59. The van der Waals surface area contributed by atoms with E-state index < -0.39 is 47.9 Å². The van der Waals surface area contributed by atoms with Crippen LogP contribution < -0.4 is 0 Å². The van der Waals surface area contributed by atoms with Gasteiger partial charge < -0.3 is 23.5 Å². The van der Waals surface area contributed by atoms with Gasteiger partial charge in [-0.05, 0) is 38.0 Å². The maximum absolute atomic E-state index is 14.8. The van der Waals surface area contributed by atoms with E-state index in [9.17, 15) is 8.78 Å². The van der Waals surface area contributed by atoms with Gasteiger partial charge in [-0.15, -0.1) is 5.10 Å². The van der Waals surface area contributed by atoms with E-state index in [4.69, 9.17) is 23.5 Å². The van der Waals surface area contributed by atoms with Gasteiger partial charge in [-0.2, -0.15) is 0 Å². The zero-order valence-corrected chi connectivity index (χ0v) is 24.2. The fraction of sp³-hybridized carbons (Fsp3) is 0.452. The van der Waals surface area contributed by atoms with Crippen molar-refractivity contribution in [2.24, 2.45) is 0 Å². The Bertz CT molecular complexity index is 1540. The molecule has 0 aliphatic carbocycles. The van der Waals surface area contributed by atoms with Crippen LogP contribution in [-0.4, -0.2) is 64.1 Å². The lowest BCUT2D eigenvalue weighted by molar-refractivity contribution is -0.349. The summed E-state index contributed by atoms with van der Waals surface area (Å²) < 4.78 is 61.3. The molecule has 9 nitrogen and oxygen atoms in total. The SMILES string of the molecule is CO[C@@H]1C(n2cc(-c3ccc(C)c(F)c3F)nn2)[C@H]2OC(C)(C)OC[C@H]2O[C@@H]1Cc1cc([C@H](C)c2ccccc2)no1. The second kappa shape index (κ2) is 11.3. The molecule has 0 amide bonds. The van der Waals surface area contributed by atoms with Crippen molar-refractivity contribution < 1.29 is 32.3 Å². The van der Waals surface area contributed by atoms with Crippen LogP contribution in [0.1, 0.15) is 55.3 Å². The van der Waals surface area contributed by atoms with Crippen molar-refractivity contribution in [2.45, 2.75) is 76.3 Å². The minimum Gasteiger partial charge on any atom is -0.376 e. The molecule has 2 aromatic carbocycles. The van der Waals surface area contributed by atoms with E-state index in [-0.39, 0.29) is 29.3 Å². The minimum atomic E-state index is -0.970. The molecule has 2 fully saturated rings. The van der Waals surface area contributed by atoms with Gasteiger partial charge in [-0.25, -0.2) is 13.5 Å². The van der Waals surface area contributed by atoms with E-state index in [0.717, 1.165) is 11.3 Å². The fourth-order valence-corrected chi connectivity index (χ4v) is 5.82. The predicted octanol–water partition coefficient (Wildman–Crippen LogP) is 5.39. The molecule has 0 spiro atoms. The number of aryl methyl sites for hydroxylation is 1. The second-order valence-electron chi connectivity index (χ2n) is 11.4. The van der Waals surface area contributed by atoms with Gasteiger partial charge in [0.05, 0.1) is 24.6 Å². The van der Waals surface area contributed by atoms with Gasteiger partial charge in [-0.3, -0.25) is 0 Å². The molecular formula is C31H34F2N4O5. The van der Waals surface area contributed by atoms with Gasteiger partial charge in [0.25, 0.3) is 0 Å². The minimum absolute atomic E-state index is 0.0217. The van der Waals surface area contributed by atoms with Crippen LogP contribution in [0.15, 0.2) is 59.3 Å². The molecule has 1 unspecified atom stereocenters. The Kier molecular flexibility index (Phi) is 7.69. The number of aromatic nitrogens is 4. The Morgan fingerprint density at radius 3 is 2.67 bits per heavy atom. The Labute approximate surface area is 242 Å². The number of nitrogens with zero attached hydrogens (tertiary/aromatic N) is 4. The Morgan fingerprint density at radius 2 is 1.90 bits per heavy atom. The molecule has 222 valence electrons. The fourth-order valence-electron chi connectivity index (χ4n) is 5.82. The third-order valence-electron chi connectivity index (χ3n) is 8.13. The Hall–Kier alpha value is -3.51. The summed E-state index contributed by atoms with van der Waals surface area (Å²) >= 11 is 0. The first-order valence-electron chi connectivity index (χ1n) is 14.0. The van der Waals surface area contributed by atoms with Crippen molar-refractivity contribution in [1.82, 2.24) is 20.2 Å². The average molecular weight is 581 g/mol. The highest BCUT2D eigenvalue weighted by Crippen LogP contribution is 2.40. The van der Waals surface area contributed by atoms with Gasteiger partial charge in [0, 0.05) is 31.1 Å². The molecular weight excluding hydrogens is 546 g/mol. The van der Waals surface area contributed by atoms with E-state index in [2.05, 4.69) is 34.5 Å². The van der Waals surface area contributed by atoms with Crippen molar-refractivity contribution in [2.75, 3.05) is 13.7 Å². The number of ether oxygens (including phenoxy) is 4. The molecule has 0 N–H and O–H groups in total. The van der Waals surface area contributed by atoms with E-state index in [1.165, 1.54) is 19.1 Å². The summed E-state index contributed by atoms with van der Waals surface area (Å²) in [4.78, 5) is 0. The van der Waals surface area contributed by atoms with Crippen LogP contribution in [0.4, 0.5) is 8.78 Å². The zero-order valence-electron chi connectivity index (χ0n) is 24.2. The number of methoxy groups -OCH3 is 1. The smallest absolute Gasteiger partial charge is 0.168 e. The van der Waals surface area contributed by atoms with Crippen LogP contribution in [0, 0.1) is 18.6 Å². The van der Waals surface area contributed by atoms with Crippen LogP contribution in [0.25, 0.3) is 11.3 Å². The molecule has 0 saturated carbocycles. The van der Waals surface area contributed by atoms with Gasteiger partial charge in [0.2, 0.25) is 0 Å². The van der Waals surface area contributed by atoms with Crippen LogP contribution >= 0.6 is 0 Å². The molecule has 4 aromatic rings. The van der Waals surface area contributed by atoms with Crippen LogP contribution in [0.3, 0.4) is 0 Å². The molecule has 4 heterocycles. The van der Waals surface area contributed by atoms with Crippen LogP contribution in [0.5, 0.6) is 0 Å². The molecule has 2 saturated heterocycles. The summed E-state index contributed by atoms with van der Waals surface area (Å²) in [6.07, 6.45) is -0.0597. The molecule has 2 aliphatic rings. The molecule has 0 bridgehead atoms. The standard InChI is InChI=1S/C31H34F2N4O5/c1-17-11-12-21(27(33)26(17)32)23-15-37(36-34-23)28-29(38-5)24(40-25-16-39-31(3,4)41-30(25)28)14-20-13-22(35-42-20)18(2)19-9-7-6-8-10-19/h6-13,15,18,24-25,28-30H,14,16H2,1-5H3/t18-,24-,25-,28?,29+,30+/m1/s1. The average Bonchev–Trinajstić information content (AvgIpc) is 3.65. The highest BCUT2D eigenvalue weighted by Gasteiger charge is 2.53. The monoisotopic (exact) mass is 580 g/mol. The Balaban J connectivity index is 1.31. The highest BCUT2D eigenvalue weighted by molar-refractivity contribution is 5.59. The van der Waals surface area contributed by atoms with E-state index in [0.29, 0.717) is 12.2 Å². The van der Waals surface area contributed by atoms with Gasteiger partial charge >= 0.3 is 0 Å². The maximum Gasteiger partial charge on any atom is 0.168 e. The molecule has 2 aromatic heterocycles.